The first-order chi connectivity index (χ1) is 16.0. The minimum absolute atomic E-state index is 0.0192. The number of rotatable bonds is 6. The highest BCUT2D eigenvalue weighted by molar-refractivity contribution is 8.01. The van der Waals surface area contributed by atoms with Crippen molar-refractivity contribution in [2.24, 2.45) is 5.73 Å². The van der Waals surface area contributed by atoms with Crippen LogP contribution in [-0.4, -0.2) is 34.8 Å². The van der Waals surface area contributed by atoms with Crippen LogP contribution in [0.2, 0.25) is 0 Å². The third-order valence-corrected chi connectivity index (χ3v) is 7.53. The van der Waals surface area contributed by atoms with E-state index in [0.29, 0.717) is 46.8 Å². The summed E-state index contributed by atoms with van der Waals surface area (Å²) in [7, 11) is 1.32. The van der Waals surface area contributed by atoms with Gasteiger partial charge in [0.05, 0.1) is 30.2 Å². The molecule has 168 valence electrons. The fraction of sp³-hybridized carbons (Fsp3) is 0.261. The number of ether oxygens (including phenoxy) is 1. The van der Waals surface area contributed by atoms with E-state index >= 15 is 0 Å². The number of hydrogen-bond acceptors (Lipinski definition) is 10. The Morgan fingerprint density at radius 3 is 2.82 bits per heavy atom. The second kappa shape index (κ2) is 9.60. The van der Waals surface area contributed by atoms with Crippen LogP contribution in [0.5, 0.6) is 0 Å². The van der Waals surface area contributed by atoms with Crippen molar-refractivity contribution in [1.82, 2.24) is 10.2 Å². The Morgan fingerprint density at radius 1 is 1.39 bits per heavy atom. The standard InChI is InChI=1S/C23H21N5O3S2/c1-3-11-32-23-27-26-22(33-23)28-16-5-4-6-17(29)19(16)18(15(12-24)20(28)25)13-7-9-14(10-8-13)21(30)31-2/h3,7-10,18H,1,4-6,11,25H2,2H3. The smallest absolute Gasteiger partial charge is 0.337 e. The molecule has 2 aromatic rings. The summed E-state index contributed by atoms with van der Waals surface area (Å²) in [6.07, 6.45) is 3.50. The molecule has 0 bridgehead atoms. The summed E-state index contributed by atoms with van der Waals surface area (Å²) >= 11 is 2.86. The SMILES string of the molecule is C=CCSc1nnc(N2C(N)=C(C#N)C(c3ccc(C(=O)OC)cc3)C3=C2CCCC3=O)s1. The number of Topliss-reactive ketones (excluding diaryl/α,β-unsaturated/α-hetero) is 1. The number of hydrogen-bond donors (Lipinski definition) is 1. The predicted octanol–water partition coefficient (Wildman–Crippen LogP) is 3.91. The van der Waals surface area contributed by atoms with Crippen LogP contribution in [0.4, 0.5) is 5.13 Å². The lowest BCUT2D eigenvalue weighted by molar-refractivity contribution is -0.116. The lowest BCUT2D eigenvalue weighted by atomic mass is 9.75. The molecule has 0 saturated heterocycles. The lowest BCUT2D eigenvalue weighted by Crippen LogP contribution is -2.38. The lowest BCUT2D eigenvalue weighted by Gasteiger charge is -2.38. The minimum atomic E-state index is -0.608. The van der Waals surface area contributed by atoms with Crippen LogP contribution in [0, 0.1) is 11.3 Å². The van der Waals surface area contributed by atoms with Gasteiger partial charge in [-0.3, -0.25) is 9.69 Å². The van der Waals surface area contributed by atoms with Crippen LogP contribution in [0.3, 0.4) is 0 Å². The molecule has 4 rings (SSSR count). The van der Waals surface area contributed by atoms with Crippen molar-refractivity contribution in [2.75, 3.05) is 17.8 Å². The highest BCUT2D eigenvalue weighted by atomic mass is 32.2. The van der Waals surface area contributed by atoms with Gasteiger partial charge in [0.1, 0.15) is 5.82 Å². The highest BCUT2D eigenvalue weighted by Gasteiger charge is 2.41. The molecular weight excluding hydrogens is 458 g/mol. The fourth-order valence-electron chi connectivity index (χ4n) is 4.05. The summed E-state index contributed by atoms with van der Waals surface area (Å²) in [5, 5.41) is 19.1. The van der Waals surface area contributed by atoms with Gasteiger partial charge in [0.25, 0.3) is 0 Å². The van der Waals surface area contributed by atoms with Crippen molar-refractivity contribution in [3.05, 3.63) is 70.7 Å². The van der Waals surface area contributed by atoms with Crippen molar-refractivity contribution in [3.63, 3.8) is 0 Å². The van der Waals surface area contributed by atoms with E-state index in [-0.39, 0.29) is 17.2 Å². The van der Waals surface area contributed by atoms with E-state index in [9.17, 15) is 14.9 Å². The van der Waals surface area contributed by atoms with Gasteiger partial charge in [-0.05, 0) is 30.5 Å². The molecule has 33 heavy (non-hydrogen) atoms. The first kappa shape index (κ1) is 22.8. The number of thioether (sulfide) groups is 1. The predicted molar refractivity (Wildman–Crippen MR) is 127 cm³/mol. The molecule has 1 aromatic heterocycles. The van der Waals surface area contributed by atoms with Crippen LogP contribution >= 0.6 is 23.1 Å². The number of methoxy groups -OCH3 is 1. The number of nitrogens with zero attached hydrogens (tertiary/aromatic N) is 4. The van der Waals surface area contributed by atoms with Gasteiger partial charge in [-0.15, -0.1) is 16.8 Å². The average Bonchev–Trinajstić information content (AvgIpc) is 3.30. The van der Waals surface area contributed by atoms with Gasteiger partial charge in [-0.2, -0.15) is 5.26 Å². The second-order valence-corrected chi connectivity index (χ2v) is 9.60. The summed E-state index contributed by atoms with van der Waals surface area (Å²) in [6.45, 7) is 3.72. The molecule has 1 aliphatic heterocycles. The van der Waals surface area contributed by atoms with E-state index < -0.39 is 11.9 Å². The molecule has 1 aromatic carbocycles. The zero-order valence-corrected chi connectivity index (χ0v) is 19.5. The Bertz CT molecular complexity index is 1220. The molecule has 2 heterocycles. The summed E-state index contributed by atoms with van der Waals surface area (Å²) in [6, 6.07) is 8.94. The molecule has 1 aliphatic carbocycles. The fourth-order valence-corrected chi connectivity index (χ4v) is 5.69. The van der Waals surface area contributed by atoms with Crippen LogP contribution in [0.1, 0.15) is 41.1 Å². The van der Waals surface area contributed by atoms with E-state index in [1.165, 1.54) is 30.2 Å². The molecule has 0 spiro atoms. The summed E-state index contributed by atoms with van der Waals surface area (Å²) in [5.41, 5.74) is 9.20. The molecule has 10 heteroatoms. The van der Waals surface area contributed by atoms with Crippen molar-refractivity contribution in [3.8, 4) is 6.07 Å². The highest BCUT2D eigenvalue weighted by Crippen LogP contribution is 2.47. The quantitative estimate of drug-likeness (QED) is 0.373. The van der Waals surface area contributed by atoms with E-state index in [4.69, 9.17) is 10.5 Å². The number of nitrogens with two attached hydrogens (primary N) is 1. The van der Waals surface area contributed by atoms with Crippen molar-refractivity contribution < 1.29 is 14.3 Å². The number of carbonyl (C=O) groups excluding carboxylic acids is 2. The minimum Gasteiger partial charge on any atom is -0.465 e. The Balaban J connectivity index is 1.83. The van der Waals surface area contributed by atoms with Crippen LogP contribution in [-0.2, 0) is 9.53 Å². The number of benzene rings is 1. The number of aromatic nitrogens is 2. The summed E-state index contributed by atoms with van der Waals surface area (Å²) < 4.78 is 5.51. The number of anilines is 1. The van der Waals surface area contributed by atoms with Crippen LogP contribution in [0.25, 0.3) is 0 Å². The topological polar surface area (TPSA) is 122 Å². The van der Waals surface area contributed by atoms with E-state index in [0.717, 1.165) is 10.0 Å². The molecular formula is C23H21N5O3S2. The third-order valence-electron chi connectivity index (χ3n) is 5.49. The Kier molecular flexibility index (Phi) is 6.62. The molecule has 8 nitrogen and oxygen atoms in total. The van der Waals surface area contributed by atoms with E-state index in [2.05, 4.69) is 22.8 Å². The number of carbonyl (C=O) groups is 2. The number of allylic oxidation sites excluding steroid dienone is 3. The number of ketones is 1. The maximum atomic E-state index is 13.1. The van der Waals surface area contributed by atoms with Gasteiger partial charge in [0, 0.05) is 23.4 Å². The second-order valence-electron chi connectivity index (χ2n) is 7.38. The molecule has 0 amide bonds. The van der Waals surface area contributed by atoms with Crippen LogP contribution < -0.4 is 10.6 Å². The number of esters is 1. The van der Waals surface area contributed by atoms with Crippen molar-refractivity contribution in [2.45, 2.75) is 29.5 Å². The molecule has 0 fully saturated rings. The summed E-state index contributed by atoms with van der Waals surface area (Å²) in [4.78, 5) is 26.7. The number of nitriles is 1. The average molecular weight is 480 g/mol. The molecule has 0 radical (unpaired) electrons. The summed E-state index contributed by atoms with van der Waals surface area (Å²) in [5.74, 6) is -0.150. The first-order valence-corrected chi connectivity index (χ1v) is 12.0. The maximum Gasteiger partial charge on any atom is 0.337 e. The normalized spacial score (nSPS) is 18.1. The van der Waals surface area contributed by atoms with Gasteiger partial charge < -0.3 is 10.5 Å². The first-order valence-electron chi connectivity index (χ1n) is 10.2. The van der Waals surface area contributed by atoms with E-state index in [1.54, 1.807) is 35.2 Å². The Morgan fingerprint density at radius 2 is 2.15 bits per heavy atom. The largest absolute Gasteiger partial charge is 0.465 e. The van der Waals surface area contributed by atoms with Gasteiger partial charge in [0.15, 0.2) is 10.1 Å². The van der Waals surface area contributed by atoms with Gasteiger partial charge in [0.2, 0.25) is 5.13 Å². The molecule has 1 unspecified atom stereocenters. The third kappa shape index (κ3) is 4.17. The molecule has 2 N–H and O–H groups in total. The molecule has 0 saturated carbocycles. The van der Waals surface area contributed by atoms with Gasteiger partial charge in [-0.1, -0.05) is 41.3 Å². The zero-order valence-electron chi connectivity index (χ0n) is 17.9. The van der Waals surface area contributed by atoms with Crippen molar-refractivity contribution >= 4 is 40.0 Å². The molecule has 1 atom stereocenters. The zero-order chi connectivity index (χ0) is 23.5. The Hall–Kier alpha value is -3.42. The monoisotopic (exact) mass is 479 g/mol. The van der Waals surface area contributed by atoms with Gasteiger partial charge in [-0.25, -0.2) is 4.79 Å². The Labute approximate surface area is 199 Å². The van der Waals surface area contributed by atoms with E-state index in [1.807, 2.05) is 0 Å². The maximum absolute atomic E-state index is 13.1. The van der Waals surface area contributed by atoms with Crippen molar-refractivity contribution in [1.29, 1.82) is 5.26 Å². The van der Waals surface area contributed by atoms with Crippen LogP contribution in [0.15, 0.2) is 63.9 Å². The van der Waals surface area contributed by atoms with Gasteiger partial charge >= 0.3 is 5.97 Å². The molecule has 2 aliphatic rings.